The number of pyridine rings is 1. The highest BCUT2D eigenvalue weighted by atomic mass is 19.4. The zero-order valence-corrected chi connectivity index (χ0v) is 20.4. The number of carboxylic acids is 1. The molecule has 5 rings (SSSR count). The summed E-state index contributed by atoms with van der Waals surface area (Å²) in [5, 5.41) is 7.12. The Bertz CT molecular complexity index is 1080. The van der Waals surface area contributed by atoms with Crippen LogP contribution >= 0.6 is 0 Å². The van der Waals surface area contributed by atoms with Gasteiger partial charge in [0, 0.05) is 43.2 Å². The normalized spacial score (nSPS) is 19.1. The number of ether oxygens (including phenoxy) is 2. The summed E-state index contributed by atoms with van der Waals surface area (Å²) in [5.74, 6) is -0.821. The van der Waals surface area contributed by atoms with Crippen LogP contribution in [0.25, 0.3) is 0 Å². The number of likely N-dealkylation sites (tertiary alicyclic amines) is 2. The standard InChI is InChI=1S/C24H29N3O3.C2HF3O2/c28-23(19-4-10-25-11-5-19)27-14-8-24(9-15-27)6-12-26(13-7-24)18-20-2-1-3-21-22(20)30-17-16-29-21;3-2(4,5)1(6)7/h1-5,10-11H,6-9,12-18H2;(H,6,7). The lowest BCUT2D eigenvalue weighted by molar-refractivity contribution is -0.192. The number of hydrogen-bond donors (Lipinski definition) is 1. The van der Waals surface area contributed by atoms with E-state index in [0.29, 0.717) is 18.6 Å². The number of para-hydroxylation sites is 1. The first kappa shape index (κ1) is 26.7. The molecule has 11 heteroatoms. The molecule has 0 saturated carbocycles. The molecule has 8 nitrogen and oxygen atoms in total. The third-order valence-electron chi connectivity index (χ3n) is 7.24. The SMILES string of the molecule is O=C(O)C(F)(F)F.O=C(c1ccncc1)N1CCC2(CCN(Cc3cccc4c3OCCO4)CC2)CC1. The predicted molar refractivity (Wildman–Crippen MR) is 127 cm³/mol. The molecule has 200 valence electrons. The van der Waals surface area contributed by atoms with Crippen LogP contribution in [0.2, 0.25) is 0 Å². The Kier molecular flexibility index (Phi) is 8.21. The van der Waals surface area contributed by atoms with Gasteiger partial charge in [-0.2, -0.15) is 13.2 Å². The van der Waals surface area contributed by atoms with Crippen molar-refractivity contribution in [2.24, 2.45) is 5.41 Å². The highest BCUT2D eigenvalue weighted by molar-refractivity contribution is 5.94. The molecule has 37 heavy (non-hydrogen) atoms. The Hall–Kier alpha value is -3.34. The first-order chi connectivity index (χ1) is 17.7. The van der Waals surface area contributed by atoms with E-state index in [1.807, 2.05) is 23.1 Å². The fourth-order valence-electron chi connectivity index (χ4n) is 5.05. The molecular weight excluding hydrogens is 491 g/mol. The molecule has 2 saturated heterocycles. The van der Waals surface area contributed by atoms with Crippen molar-refractivity contribution in [2.45, 2.75) is 38.4 Å². The number of carbonyl (C=O) groups excluding carboxylic acids is 1. The summed E-state index contributed by atoms with van der Waals surface area (Å²) in [7, 11) is 0. The van der Waals surface area contributed by atoms with Gasteiger partial charge in [0.15, 0.2) is 11.5 Å². The molecule has 3 aliphatic heterocycles. The van der Waals surface area contributed by atoms with Gasteiger partial charge in [-0.15, -0.1) is 0 Å². The van der Waals surface area contributed by atoms with Crippen molar-refractivity contribution >= 4 is 11.9 Å². The van der Waals surface area contributed by atoms with Crippen molar-refractivity contribution in [3.8, 4) is 11.5 Å². The number of piperidine rings is 2. The minimum absolute atomic E-state index is 0.140. The third kappa shape index (κ3) is 6.71. The number of nitrogens with zero attached hydrogens (tertiary/aromatic N) is 3. The summed E-state index contributed by atoms with van der Waals surface area (Å²) >= 11 is 0. The number of fused-ring (bicyclic) bond motifs is 1. The number of carboxylic acid groups (broad SMARTS) is 1. The van der Waals surface area contributed by atoms with Gasteiger partial charge in [0.05, 0.1) is 0 Å². The van der Waals surface area contributed by atoms with E-state index >= 15 is 0 Å². The van der Waals surface area contributed by atoms with Crippen LogP contribution in [0.5, 0.6) is 11.5 Å². The van der Waals surface area contributed by atoms with Gasteiger partial charge in [0.2, 0.25) is 0 Å². The van der Waals surface area contributed by atoms with Gasteiger partial charge in [-0.3, -0.25) is 14.7 Å². The van der Waals surface area contributed by atoms with Crippen LogP contribution in [0.4, 0.5) is 13.2 Å². The smallest absolute Gasteiger partial charge is 0.486 e. The topological polar surface area (TPSA) is 92.2 Å². The molecule has 1 aromatic heterocycles. The maximum absolute atomic E-state index is 12.7. The molecule has 0 bridgehead atoms. The molecule has 1 aromatic carbocycles. The van der Waals surface area contributed by atoms with Gasteiger partial charge in [0.1, 0.15) is 13.2 Å². The van der Waals surface area contributed by atoms with E-state index in [-0.39, 0.29) is 5.91 Å². The van der Waals surface area contributed by atoms with Crippen LogP contribution in [0.1, 0.15) is 41.6 Å². The van der Waals surface area contributed by atoms with Crippen LogP contribution in [0.3, 0.4) is 0 Å². The zero-order chi connectivity index (χ0) is 26.5. The number of rotatable bonds is 3. The maximum atomic E-state index is 12.7. The van der Waals surface area contributed by atoms with E-state index in [0.717, 1.165) is 62.6 Å². The molecule has 1 amide bonds. The van der Waals surface area contributed by atoms with Crippen LogP contribution in [-0.2, 0) is 11.3 Å². The highest BCUT2D eigenvalue weighted by Gasteiger charge is 2.39. The van der Waals surface area contributed by atoms with Crippen molar-refractivity contribution in [1.82, 2.24) is 14.8 Å². The van der Waals surface area contributed by atoms with Gasteiger partial charge < -0.3 is 19.5 Å². The molecule has 0 unspecified atom stereocenters. The summed E-state index contributed by atoms with van der Waals surface area (Å²) in [6.45, 7) is 6.09. The van der Waals surface area contributed by atoms with Crippen molar-refractivity contribution in [3.63, 3.8) is 0 Å². The second kappa shape index (κ2) is 11.4. The minimum Gasteiger partial charge on any atom is -0.486 e. The van der Waals surface area contributed by atoms with E-state index < -0.39 is 12.1 Å². The van der Waals surface area contributed by atoms with Crippen molar-refractivity contribution in [1.29, 1.82) is 0 Å². The fourth-order valence-corrected chi connectivity index (χ4v) is 5.05. The molecule has 1 N–H and O–H groups in total. The van der Waals surface area contributed by atoms with Crippen LogP contribution in [-0.4, -0.2) is 77.3 Å². The van der Waals surface area contributed by atoms with Crippen molar-refractivity contribution in [3.05, 3.63) is 53.9 Å². The van der Waals surface area contributed by atoms with E-state index in [1.54, 1.807) is 12.4 Å². The second-order valence-corrected chi connectivity index (χ2v) is 9.55. The molecule has 2 fully saturated rings. The Morgan fingerprint density at radius 2 is 1.54 bits per heavy atom. The molecular formula is C26H30F3N3O5. The summed E-state index contributed by atoms with van der Waals surface area (Å²) in [4.78, 5) is 30.2. The molecule has 1 spiro atoms. The number of aromatic nitrogens is 1. The number of hydrogen-bond acceptors (Lipinski definition) is 6. The quantitative estimate of drug-likeness (QED) is 0.653. The minimum atomic E-state index is -5.08. The summed E-state index contributed by atoms with van der Waals surface area (Å²) in [6.07, 6.45) is 2.92. The van der Waals surface area contributed by atoms with Gasteiger partial charge >= 0.3 is 12.1 Å². The van der Waals surface area contributed by atoms with Crippen LogP contribution < -0.4 is 9.47 Å². The lowest BCUT2D eigenvalue weighted by Crippen LogP contribution is -2.48. The second-order valence-electron chi connectivity index (χ2n) is 9.55. The first-order valence-corrected chi connectivity index (χ1v) is 12.3. The number of carbonyl (C=O) groups is 2. The van der Waals surface area contributed by atoms with Gasteiger partial charge in [-0.05, 0) is 62.4 Å². The first-order valence-electron chi connectivity index (χ1n) is 12.3. The number of amides is 1. The van der Waals surface area contributed by atoms with Gasteiger partial charge in [0.25, 0.3) is 5.91 Å². The van der Waals surface area contributed by atoms with Crippen molar-refractivity contribution in [2.75, 3.05) is 39.4 Å². The van der Waals surface area contributed by atoms with E-state index in [1.165, 1.54) is 18.4 Å². The van der Waals surface area contributed by atoms with Crippen LogP contribution in [0.15, 0.2) is 42.7 Å². The zero-order valence-electron chi connectivity index (χ0n) is 20.4. The lowest BCUT2D eigenvalue weighted by Gasteiger charge is -2.47. The predicted octanol–water partition coefficient (Wildman–Crippen LogP) is 4.00. The number of alkyl halides is 3. The number of aliphatic carboxylic acids is 1. The highest BCUT2D eigenvalue weighted by Crippen LogP contribution is 2.42. The molecule has 0 atom stereocenters. The monoisotopic (exact) mass is 521 g/mol. The van der Waals surface area contributed by atoms with E-state index in [4.69, 9.17) is 19.4 Å². The molecule has 4 heterocycles. The molecule has 0 radical (unpaired) electrons. The van der Waals surface area contributed by atoms with E-state index in [9.17, 15) is 18.0 Å². The molecule has 0 aliphatic carbocycles. The maximum Gasteiger partial charge on any atom is 0.490 e. The van der Waals surface area contributed by atoms with Gasteiger partial charge in [-0.25, -0.2) is 4.79 Å². The number of benzene rings is 1. The lowest BCUT2D eigenvalue weighted by atomic mass is 9.71. The van der Waals surface area contributed by atoms with Crippen LogP contribution in [0, 0.1) is 5.41 Å². The Morgan fingerprint density at radius 1 is 0.946 bits per heavy atom. The summed E-state index contributed by atoms with van der Waals surface area (Å²) < 4.78 is 43.3. The summed E-state index contributed by atoms with van der Waals surface area (Å²) in [6, 6.07) is 9.82. The average molecular weight is 522 g/mol. The largest absolute Gasteiger partial charge is 0.490 e. The average Bonchev–Trinajstić information content (AvgIpc) is 2.91. The summed E-state index contributed by atoms with van der Waals surface area (Å²) in [5.41, 5.74) is 2.36. The third-order valence-corrected chi connectivity index (χ3v) is 7.24. The van der Waals surface area contributed by atoms with Gasteiger partial charge in [-0.1, -0.05) is 12.1 Å². The number of halogens is 3. The Morgan fingerprint density at radius 3 is 2.16 bits per heavy atom. The Labute approximate surface area is 213 Å². The Balaban J connectivity index is 0.000000405. The molecule has 3 aliphatic rings. The van der Waals surface area contributed by atoms with Crippen molar-refractivity contribution < 1.29 is 37.3 Å². The van der Waals surface area contributed by atoms with E-state index in [2.05, 4.69) is 22.0 Å². The molecule has 2 aromatic rings. The fraction of sp³-hybridized carbons (Fsp3) is 0.500.